The van der Waals surface area contributed by atoms with Gasteiger partial charge in [0.05, 0.1) is 18.8 Å². The standard InChI is InChI=1S/C9H14O3/c1-11-5-7-6(4-10)8-2-3-9(7)12-8/h2-3,6-10H,4-5H2,1H3/t6-,7+,8+,9-/m0/s1. The number of aliphatic hydroxyl groups is 1. The number of rotatable bonds is 3. The third kappa shape index (κ3) is 1.09. The van der Waals surface area contributed by atoms with Crippen molar-refractivity contribution in [2.45, 2.75) is 12.2 Å². The Hall–Kier alpha value is -0.380. The van der Waals surface area contributed by atoms with Gasteiger partial charge in [0.1, 0.15) is 0 Å². The SMILES string of the molecule is COC[C@@H]1[C@H](CO)[C@H]2C=C[C@@H]1O2. The Morgan fingerprint density at radius 3 is 2.58 bits per heavy atom. The minimum atomic E-state index is 0.125. The Labute approximate surface area is 72.0 Å². The van der Waals surface area contributed by atoms with E-state index in [-0.39, 0.29) is 24.7 Å². The van der Waals surface area contributed by atoms with Crippen molar-refractivity contribution in [3.05, 3.63) is 12.2 Å². The molecule has 1 fully saturated rings. The second-order valence-corrected chi connectivity index (χ2v) is 3.42. The Kier molecular flexibility index (Phi) is 2.17. The van der Waals surface area contributed by atoms with Gasteiger partial charge in [0.15, 0.2) is 0 Å². The molecule has 2 aliphatic heterocycles. The van der Waals surface area contributed by atoms with Crippen LogP contribution >= 0.6 is 0 Å². The molecular formula is C9H14O3. The smallest absolute Gasteiger partial charge is 0.0819 e. The van der Waals surface area contributed by atoms with Crippen LogP contribution in [0.5, 0.6) is 0 Å². The average molecular weight is 170 g/mol. The molecule has 68 valence electrons. The van der Waals surface area contributed by atoms with Crippen LogP contribution in [0.4, 0.5) is 0 Å². The molecule has 3 heteroatoms. The van der Waals surface area contributed by atoms with Crippen molar-refractivity contribution in [2.24, 2.45) is 11.8 Å². The van der Waals surface area contributed by atoms with E-state index >= 15 is 0 Å². The first kappa shape index (κ1) is 8.23. The van der Waals surface area contributed by atoms with Crippen LogP contribution in [-0.4, -0.2) is 37.6 Å². The van der Waals surface area contributed by atoms with E-state index in [4.69, 9.17) is 14.6 Å². The van der Waals surface area contributed by atoms with E-state index in [1.165, 1.54) is 0 Å². The van der Waals surface area contributed by atoms with Gasteiger partial charge in [-0.2, -0.15) is 0 Å². The first-order valence-electron chi connectivity index (χ1n) is 4.30. The van der Waals surface area contributed by atoms with E-state index < -0.39 is 0 Å². The molecule has 0 unspecified atom stereocenters. The summed E-state index contributed by atoms with van der Waals surface area (Å²) < 4.78 is 10.7. The van der Waals surface area contributed by atoms with E-state index in [2.05, 4.69) is 6.08 Å². The lowest BCUT2D eigenvalue weighted by Crippen LogP contribution is -2.30. The molecule has 2 aliphatic rings. The second-order valence-electron chi connectivity index (χ2n) is 3.42. The minimum absolute atomic E-state index is 0.125. The van der Waals surface area contributed by atoms with Gasteiger partial charge in [-0.05, 0) is 0 Å². The number of ether oxygens (including phenoxy) is 2. The molecule has 0 amide bonds. The van der Waals surface area contributed by atoms with Crippen molar-refractivity contribution in [1.29, 1.82) is 0 Å². The van der Waals surface area contributed by atoms with E-state index in [9.17, 15) is 0 Å². The fourth-order valence-corrected chi connectivity index (χ4v) is 2.12. The molecular weight excluding hydrogens is 156 g/mol. The molecule has 4 atom stereocenters. The van der Waals surface area contributed by atoms with Gasteiger partial charge < -0.3 is 14.6 Å². The van der Waals surface area contributed by atoms with Crippen molar-refractivity contribution in [3.63, 3.8) is 0 Å². The predicted octanol–water partition coefficient (Wildman–Crippen LogP) is 0.195. The number of hydrogen-bond acceptors (Lipinski definition) is 3. The number of aliphatic hydroxyl groups excluding tert-OH is 1. The zero-order chi connectivity index (χ0) is 8.55. The average Bonchev–Trinajstić information content (AvgIpc) is 2.64. The largest absolute Gasteiger partial charge is 0.396 e. The number of methoxy groups -OCH3 is 1. The fraction of sp³-hybridized carbons (Fsp3) is 0.778. The van der Waals surface area contributed by atoms with E-state index in [0.29, 0.717) is 12.5 Å². The Bertz CT molecular complexity index is 190. The first-order valence-corrected chi connectivity index (χ1v) is 4.30. The summed E-state index contributed by atoms with van der Waals surface area (Å²) in [7, 11) is 1.68. The second kappa shape index (κ2) is 3.17. The number of hydrogen-bond donors (Lipinski definition) is 1. The Morgan fingerprint density at radius 1 is 1.33 bits per heavy atom. The van der Waals surface area contributed by atoms with Crippen LogP contribution in [-0.2, 0) is 9.47 Å². The van der Waals surface area contributed by atoms with Crippen molar-refractivity contribution in [3.8, 4) is 0 Å². The summed E-state index contributed by atoms with van der Waals surface area (Å²) in [4.78, 5) is 0. The van der Waals surface area contributed by atoms with Crippen molar-refractivity contribution < 1.29 is 14.6 Å². The van der Waals surface area contributed by atoms with Crippen LogP contribution in [0.2, 0.25) is 0 Å². The third-order valence-electron chi connectivity index (χ3n) is 2.77. The molecule has 2 heterocycles. The summed E-state index contributed by atoms with van der Waals surface area (Å²) in [5, 5.41) is 9.12. The molecule has 2 bridgehead atoms. The van der Waals surface area contributed by atoms with Gasteiger partial charge in [-0.15, -0.1) is 0 Å². The minimum Gasteiger partial charge on any atom is -0.396 e. The molecule has 0 aromatic carbocycles. The van der Waals surface area contributed by atoms with Gasteiger partial charge in [0, 0.05) is 25.6 Å². The maximum absolute atomic E-state index is 9.12. The van der Waals surface area contributed by atoms with Crippen LogP contribution in [0.1, 0.15) is 0 Å². The van der Waals surface area contributed by atoms with Gasteiger partial charge in [-0.3, -0.25) is 0 Å². The predicted molar refractivity (Wildman–Crippen MR) is 43.7 cm³/mol. The zero-order valence-electron chi connectivity index (χ0n) is 7.14. The molecule has 0 aliphatic carbocycles. The lowest BCUT2D eigenvalue weighted by molar-refractivity contribution is 0.0825. The van der Waals surface area contributed by atoms with Gasteiger partial charge >= 0.3 is 0 Å². The molecule has 1 N–H and O–H groups in total. The quantitative estimate of drug-likeness (QED) is 0.615. The summed E-state index contributed by atoms with van der Waals surface area (Å²) in [6.45, 7) is 0.871. The van der Waals surface area contributed by atoms with Gasteiger partial charge in [0.2, 0.25) is 0 Å². The normalized spacial score (nSPS) is 44.2. The highest BCUT2D eigenvalue weighted by Crippen LogP contribution is 2.38. The molecule has 0 aromatic rings. The molecule has 12 heavy (non-hydrogen) atoms. The van der Waals surface area contributed by atoms with Gasteiger partial charge in [-0.1, -0.05) is 12.2 Å². The first-order chi connectivity index (χ1) is 5.86. The van der Waals surface area contributed by atoms with E-state index in [1.807, 2.05) is 6.08 Å². The molecule has 1 saturated heterocycles. The highest BCUT2D eigenvalue weighted by Gasteiger charge is 2.45. The van der Waals surface area contributed by atoms with Gasteiger partial charge in [-0.25, -0.2) is 0 Å². The molecule has 2 rings (SSSR count). The maximum atomic E-state index is 9.12. The highest BCUT2D eigenvalue weighted by atomic mass is 16.5. The lowest BCUT2D eigenvalue weighted by Gasteiger charge is -2.22. The van der Waals surface area contributed by atoms with Crippen LogP contribution in [0, 0.1) is 11.8 Å². The van der Waals surface area contributed by atoms with Crippen molar-refractivity contribution in [2.75, 3.05) is 20.3 Å². The maximum Gasteiger partial charge on any atom is 0.0819 e. The topological polar surface area (TPSA) is 38.7 Å². The van der Waals surface area contributed by atoms with Crippen molar-refractivity contribution in [1.82, 2.24) is 0 Å². The lowest BCUT2D eigenvalue weighted by atomic mass is 9.84. The van der Waals surface area contributed by atoms with E-state index in [0.717, 1.165) is 0 Å². The summed E-state index contributed by atoms with van der Waals surface area (Å²) in [5.74, 6) is 0.579. The van der Waals surface area contributed by atoms with Crippen LogP contribution < -0.4 is 0 Å². The zero-order valence-corrected chi connectivity index (χ0v) is 7.14. The summed E-state index contributed by atoms with van der Waals surface area (Å²) in [6.07, 6.45) is 4.41. The summed E-state index contributed by atoms with van der Waals surface area (Å²) in [6, 6.07) is 0. The molecule has 0 radical (unpaired) electrons. The monoisotopic (exact) mass is 170 g/mol. The molecule has 0 aromatic heterocycles. The van der Waals surface area contributed by atoms with Gasteiger partial charge in [0.25, 0.3) is 0 Å². The van der Waals surface area contributed by atoms with Crippen LogP contribution in [0.3, 0.4) is 0 Å². The van der Waals surface area contributed by atoms with E-state index in [1.54, 1.807) is 7.11 Å². The Balaban J connectivity index is 2.07. The Morgan fingerprint density at radius 2 is 2.00 bits per heavy atom. The van der Waals surface area contributed by atoms with Crippen molar-refractivity contribution >= 4 is 0 Å². The third-order valence-corrected chi connectivity index (χ3v) is 2.77. The highest BCUT2D eigenvalue weighted by molar-refractivity contribution is 5.14. The summed E-state index contributed by atoms with van der Waals surface area (Å²) >= 11 is 0. The molecule has 0 spiro atoms. The molecule has 0 saturated carbocycles. The number of fused-ring (bicyclic) bond motifs is 2. The molecule has 3 nitrogen and oxygen atoms in total. The summed E-state index contributed by atoms with van der Waals surface area (Å²) in [5.41, 5.74) is 0. The van der Waals surface area contributed by atoms with Crippen LogP contribution in [0.25, 0.3) is 0 Å². The fourth-order valence-electron chi connectivity index (χ4n) is 2.12. The van der Waals surface area contributed by atoms with Crippen LogP contribution in [0.15, 0.2) is 12.2 Å².